The number of para-hydroxylation sites is 1. The highest BCUT2D eigenvalue weighted by Crippen LogP contribution is 2.23. The Bertz CT molecular complexity index is 362. The maximum atomic E-state index is 5.47. The Morgan fingerprint density at radius 1 is 1.15 bits per heavy atom. The fourth-order valence-electron chi connectivity index (χ4n) is 2.53. The second-order valence-corrected chi connectivity index (χ2v) is 6.08. The lowest BCUT2D eigenvalue weighted by Gasteiger charge is -2.19. The molecule has 114 valence electrons. The van der Waals surface area contributed by atoms with Crippen LogP contribution in [0.4, 0.5) is 0 Å². The lowest BCUT2D eigenvalue weighted by Crippen LogP contribution is -2.27. The van der Waals surface area contributed by atoms with Gasteiger partial charge in [-0.3, -0.25) is 0 Å². The molecule has 0 fully saturated rings. The molecule has 1 aromatic rings. The van der Waals surface area contributed by atoms with Crippen molar-refractivity contribution in [3.05, 3.63) is 29.8 Å². The zero-order chi connectivity index (χ0) is 14.8. The normalized spacial score (nSPS) is 12.7. The van der Waals surface area contributed by atoms with Crippen LogP contribution in [-0.4, -0.2) is 20.2 Å². The molecule has 0 aromatic heterocycles. The molecule has 1 rings (SSSR count). The van der Waals surface area contributed by atoms with Gasteiger partial charge >= 0.3 is 0 Å². The largest absolute Gasteiger partial charge is 0.496 e. The average Bonchev–Trinajstić information content (AvgIpc) is 2.44. The molecule has 1 aromatic carbocycles. The molecule has 0 bridgehead atoms. The highest BCUT2D eigenvalue weighted by atomic mass is 16.5. The maximum Gasteiger partial charge on any atom is 0.122 e. The molecule has 0 aliphatic rings. The van der Waals surface area contributed by atoms with Gasteiger partial charge in [-0.25, -0.2) is 0 Å². The van der Waals surface area contributed by atoms with E-state index in [9.17, 15) is 0 Å². The fourth-order valence-corrected chi connectivity index (χ4v) is 2.53. The van der Waals surface area contributed by atoms with Crippen molar-refractivity contribution in [3.63, 3.8) is 0 Å². The smallest absolute Gasteiger partial charge is 0.122 e. The summed E-state index contributed by atoms with van der Waals surface area (Å²) in [6.45, 7) is 9.00. The number of nitrogens with one attached hydrogen (secondary N) is 1. The lowest BCUT2D eigenvalue weighted by atomic mass is 9.93. The van der Waals surface area contributed by atoms with Gasteiger partial charge in [0.1, 0.15) is 5.75 Å². The van der Waals surface area contributed by atoms with Crippen molar-refractivity contribution in [2.24, 2.45) is 11.8 Å². The third-order valence-corrected chi connectivity index (χ3v) is 3.65. The monoisotopic (exact) mass is 277 g/mol. The van der Waals surface area contributed by atoms with Crippen LogP contribution in [0.5, 0.6) is 5.75 Å². The molecule has 0 saturated heterocycles. The van der Waals surface area contributed by atoms with Gasteiger partial charge in [0.15, 0.2) is 0 Å². The molecule has 0 saturated carbocycles. The van der Waals surface area contributed by atoms with Gasteiger partial charge in [0.25, 0.3) is 0 Å². The molecule has 2 heteroatoms. The van der Waals surface area contributed by atoms with Gasteiger partial charge in [-0.1, -0.05) is 51.8 Å². The lowest BCUT2D eigenvalue weighted by molar-refractivity contribution is 0.387. The fraction of sp³-hybridized carbons (Fsp3) is 0.667. The van der Waals surface area contributed by atoms with Gasteiger partial charge < -0.3 is 10.1 Å². The van der Waals surface area contributed by atoms with Gasteiger partial charge in [-0.05, 0) is 49.4 Å². The summed E-state index contributed by atoms with van der Waals surface area (Å²) in [5.41, 5.74) is 1.34. The van der Waals surface area contributed by atoms with Crippen LogP contribution in [0.3, 0.4) is 0 Å². The molecule has 0 aliphatic carbocycles. The summed E-state index contributed by atoms with van der Waals surface area (Å²) in [6, 6.07) is 8.41. The van der Waals surface area contributed by atoms with Crippen LogP contribution in [0.2, 0.25) is 0 Å². The number of ether oxygens (including phenoxy) is 1. The topological polar surface area (TPSA) is 21.3 Å². The molecule has 1 N–H and O–H groups in total. The minimum absolute atomic E-state index is 0.699. The number of rotatable bonds is 10. The molecule has 20 heavy (non-hydrogen) atoms. The summed E-state index contributed by atoms with van der Waals surface area (Å²) >= 11 is 0. The molecule has 1 unspecified atom stereocenters. The first kappa shape index (κ1) is 17.0. The van der Waals surface area contributed by atoms with E-state index in [4.69, 9.17) is 4.74 Å². The number of hydrogen-bond donors (Lipinski definition) is 1. The van der Waals surface area contributed by atoms with Gasteiger partial charge in [0.2, 0.25) is 0 Å². The van der Waals surface area contributed by atoms with Crippen LogP contribution in [0, 0.1) is 11.8 Å². The van der Waals surface area contributed by atoms with E-state index < -0.39 is 0 Å². The van der Waals surface area contributed by atoms with Crippen molar-refractivity contribution >= 4 is 0 Å². The van der Waals surface area contributed by atoms with E-state index in [0.29, 0.717) is 11.8 Å². The Morgan fingerprint density at radius 2 is 1.90 bits per heavy atom. The zero-order valence-electron chi connectivity index (χ0n) is 13.6. The van der Waals surface area contributed by atoms with E-state index in [1.165, 1.54) is 24.8 Å². The predicted molar refractivity (Wildman–Crippen MR) is 87.4 cm³/mol. The van der Waals surface area contributed by atoms with Crippen molar-refractivity contribution in [2.45, 2.75) is 46.5 Å². The molecule has 0 radical (unpaired) electrons. The summed E-state index contributed by atoms with van der Waals surface area (Å²) in [7, 11) is 1.76. The van der Waals surface area contributed by atoms with E-state index in [-0.39, 0.29) is 0 Å². The van der Waals surface area contributed by atoms with Gasteiger partial charge in [-0.2, -0.15) is 0 Å². The Labute approximate surface area is 124 Å². The van der Waals surface area contributed by atoms with Crippen molar-refractivity contribution in [2.75, 3.05) is 20.2 Å². The predicted octanol–water partition coefficient (Wildman–Crippen LogP) is 4.29. The highest BCUT2D eigenvalue weighted by Gasteiger charge is 2.12. The van der Waals surface area contributed by atoms with Gasteiger partial charge in [0.05, 0.1) is 7.11 Å². The SMILES string of the molecule is CCCCC(CNCC(C)C)Cc1ccccc1OC. The summed E-state index contributed by atoms with van der Waals surface area (Å²) in [6.07, 6.45) is 4.98. The molecule has 0 spiro atoms. The maximum absolute atomic E-state index is 5.47. The van der Waals surface area contributed by atoms with E-state index in [0.717, 1.165) is 25.3 Å². The minimum Gasteiger partial charge on any atom is -0.496 e. The Kier molecular flexibility index (Phi) is 8.36. The van der Waals surface area contributed by atoms with Gasteiger partial charge in [-0.15, -0.1) is 0 Å². The molecule has 0 amide bonds. The first-order valence-corrected chi connectivity index (χ1v) is 8.00. The quantitative estimate of drug-likeness (QED) is 0.689. The molecular weight excluding hydrogens is 246 g/mol. The number of methoxy groups -OCH3 is 1. The number of hydrogen-bond acceptors (Lipinski definition) is 2. The van der Waals surface area contributed by atoms with Crippen molar-refractivity contribution in [1.29, 1.82) is 0 Å². The first-order chi connectivity index (χ1) is 9.67. The van der Waals surface area contributed by atoms with Crippen LogP contribution in [0.15, 0.2) is 24.3 Å². The second kappa shape index (κ2) is 9.82. The summed E-state index contributed by atoms with van der Waals surface area (Å²) in [5.74, 6) is 2.44. The minimum atomic E-state index is 0.699. The Morgan fingerprint density at radius 3 is 2.55 bits per heavy atom. The summed E-state index contributed by atoms with van der Waals surface area (Å²) < 4.78 is 5.47. The van der Waals surface area contributed by atoms with Crippen molar-refractivity contribution in [1.82, 2.24) is 5.32 Å². The Balaban J connectivity index is 2.58. The van der Waals surface area contributed by atoms with E-state index in [1.54, 1.807) is 7.11 Å². The average molecular weight is 277 g/mol. The van der Waals surface area contributed by atoms with Crippen molar-refractivity contribution < 1.29 is 4.74 Å². The highest BCUT2D eigenvalue weighted by molar-refractivity contribution is 5.33. The Hall–Kier alpha value is -1.02. The zero-order valence-corrected chi connectivity index (χ0v) is 13.6. The van der Waals surface area contributed by atoms with Crippen LogP contribution in [0.1, 0.15) is 45.6 Å². The standard InChI is InChI=1S/C18H31NO/c1-5-6-9-16(14-19-13-15(2)3)12-17-10-7-8-11-18(17)20-4/h7-8,10-11,15-16,19H,5-6,9,12-14H2,1-4H3. The summed E-state index contributed by atoms with van der Waals surface area (Å²) in [5, 5.41) is 3.61. The van der Waals surface area contributed by atoms with Crippen LogP contribution in [-0.2, 0) is 6.42 Å². The molecule has 2 nitrogen and oxygen atoms in total. The second-order valence-electron chi connectivity index (χ2n) is 6.08. The number of unbranched alkanes of at least 4 members (excludes halogenated alkanes) is 1. The van der Waals surface area contributed by atoms with E-state index in [1.807, 2.05) is 6.07 Å². The third-order valence-electron chi connectivity index (χ3n) is 3.65. The van der Waals surface area contributed by atoms with Crippen LogP contribution in [0.25, 0.3) is 0 Å². The van der Waals surface area contributed by atoms with E-state index >= 15 is 0 Å². The van der Waals surface area contributed by atoms with Crippen LogP contribution < -0.4 is 10.1 Å². The van der Waals surface area contributed by atoms with Crippen molar-refractivity contribution in [3.8, 4) is 5.75 Å². The first-order valence-electron chi connectivity index (χ1n) is 8.00. The third kappa shape index (κ3) is 6.42. The van der Waals surface area contributed by atoms with E-state index in [2.05, 4.69) is 44.3 Å². The molecule has 1 atom stereocenters. The molecule has 0 heterocycles. The molecular formula is C18H31NO. The van der Waals surface area contributed by atoms with Gasteiger partial charge in [0, 0.05) is 0 Å². The number of benzene rings is 1. The van der Waals surface area contributed by atoms with Crippen LogP contribution >= 0.6 is 0 Å². The molecule has 0 aliphatic heterocycles. The summed E-state index contributed by atoms with van der Waals surface area (Å²) in [4.78, 5) is 0.